The summed E-state index contributed by atoms with van der Waals surface area (Å²) in [6, 6.07) is 5.92. The molecular weight excluding hydrogens is 326 g/mol. The highest BCUT2D eigenvalue weighted by molar-refractivity contribution is 7.89. The van der Waals surface area contributed by atoms with Gasteiger partial charge >= 0.3 is 0 Å². The standard InChI is InChI=1S/C17H23N3O3S/c1-3-14(21)9-12-6-7-13-5-4-8-17(15(13)10-12)11-24(22,23)20(2)16(18)19-17/h6-7,10H,3-5,8-9,11H2,1-2H3,(H2,18,19)/t17-/m0/s1. The number of carbonyl (C=O) groups is 1. The molecule has 1 aromatic rings. The summed E-state index contributed by atoms with van der Waals surface area (Å²) in [5, 5.41) is 0. The number of nitrogens with two attached hydrogens (primary N) is 1. The van der Waals surface area contributed by atoms with Crippen LogP contribution in [0, 0.1) is 0 Å². The highest BCUT2D eigenvalue weighted by Crippen LogP contribution is 2.42. The predicted octanol–water partition coefficient (Wildman–Crippen LogP) is 1.33. The van der Waals surface area contributed by atoms with Crippen molar-refractivity contribution in [2.75, 3.05) is 12.8 Å². The van der Waals surface area contributed by atoms with E-state index in [1.54, 1.807) is 0 Å². The van der Waals surface area contributed by atoms with Gasteiger partial charge in [0.1, 0.15) is 11.3 Å². The van der Waals surface area contributed by atoms with E-state index in [9.17, 15) is 13.2 Å². The monoisotopic (exact) mass is 349 g/mol. The van der Waals surface area contributed by atoms with Gasteiger partial charge in [-0.05, 0) is 36.0 Å². The molecular formula is C17H23N3O3S. The van der Waals surface area contributed by atoms with Crippen molar-refractivity contribution in [2.24, 2.45) is 10.7 Å². The van der Waals surface area contributed by atoms with Crippen molar-refractivity contribution in [3.63, 3.8) is 0 Å². The van der Waals surface area contributed by atoms with Crippen LogP contribution in [0.2, 0.25) is 0 Å². The number of fused-ring (bicyclic) bond motifs is 2. The maximum atomic E-state index is 12.5. The first-order chi connectivity index (χ1) is 11.3. The third-order valence-electron chi connectivity index (χ3n) is 5.00. The van der Waals surface area contributed by atoms with Gasteiger partial charge in [-0.1, -0.05) is 25.1 Å². The number of aryl methyl sites for hydroxylation is 1. The summed E-state index contributed by atoms with van der Waals surface area (Å²) < 4.78 is 26.0. The molecule has 6 nitrogen and oxygen atoms in total. The van der Waals surface area contributed by atoms with Crippen molar-refractivity contribution in [3.8, 4) is 0 Å². The van der Waals surface area contributed by atoms with Gasteiger partial charge in [0.05, 0.1) is 5.75 Å². The molecule has 1 aliphatic heterocycles. The lowest BCUT2D eigenvalue weighted by molar-refractivity contribution is -0.118. The van der Waals surface area contributed by atoms with E-state index in [1.807, 2.05) is 25.1 Å². The van der Waals surface area contributed by atoms with Crippen LogP contribution in [0.5, 0.6) is 0 Å². The quantitative estimate of drug-likeness (QED) is 0.891. The summed E-state index contributed by atoms with van der Waals surface area (Å²) >= 11 is 0. The Morgan fingerprint density at radius 2 is 2.17 bits per heavy atom. The second-order valence-corrected chi connectivity index (χ2v) is 8.64. The van der Waals surface area contributed by atoms with Gasteiger partial charge < -0.3 is 5.73 Å². The summed E-state index contributed by atoms with van der Waals surface area (Å²) in [5.41, 5.74) is 8.00. The Morgan fingerprint density at radius 1 is 1.42 bits per heavy atom. The summed E-state index contributed by atoms with van der Waals surface area (Å²) in [6.07, 6.45) is 3.28. The fourth-order valence-electron chi connectivity index (χ4n) is 3.57. The Morgan fingerprint density at radius 3 is 2.83 bits per heavy atom. The molecule has 1 spiro atoms. The van der Waals surface area contributed by atoms with Crippen LogP contribution < -0.4 is 5.73 Å². The maximum Gasteiger partial charge on any atom is 0.239 e. The number of carbonyl (C=O) groups excluding carboxylic acids is 1. The number of sulfonamides is 1. The maximum absolute atomic E-state index is 12.5. The van der Waals surface area contributed by atoms with Gasteiger partial charge in [0.2, 0.25) is 16.0 Å². The summed E-state index contributed by atoms with van der Waals surface area (Å²) in [4.78, 5) is 16.4. The van der Waals surface area contributed by atoms with Gasteiger partial charge in [0.15, 0.2) is 0 Å². The normalized spacial score (nSPS) is 25.2. The fraction of sp³-hybridized carbons (Fsp3) is 0.529. The molecule has 1 aromatic carbocycles. The Hall–Kier alpha value is -1.89. The molecule has 3 rings (SSSR count). The molecule has 2 aliphatic rings. The number of benzene rings is 1. The molecule has 0 saturated carbocycles. The first-order valence-corrected chi connectivity index (χ1v) is 9.84. The van der Waals surface area contributed by atoms with E-state index in [2.05, 4.69) is 4.99 Å². The number of Topliss-reactive ketones (excluding diaryl/α,β-unsaturated/α-hetero) is 1. The van der Waals surface area contributed by atoms with Crippen LogP contribution in [-0.4, -0.2) is 37.3 Å². The van der Waals surface area contributed by atoms with Gasteiger partial charge in [0.25, 0.3) is 0 Å². The Bertz CT molecular complexity index is 816. The lowest BCUT2D eigenvalue weighted by Gasteiger charge is -2.40. The highest BCUT2D eigenvalue weighted by atomic mass is 32.2. The number of hydrogen-bond acceptors (Lipinski definition) is 5. The Balaban J connectivity index is 2.11. The smallest absolute Gasteiger partial charge is 0.239 e. The lowest BCUT2D eigenvalue weighted by Crippen LogP contribution is -2.52. The number of nitrogens with zero attached hydrogens (tertiary/aromatic N) is 2. The molecule has 1 atom stereocenters. The summed E-state index contributed by atoms with van der Waals surface area (Å²) in [7, 11) is -2.06. The van der Waals surface area contributed by atoms with E-state index >= 15 is 0 Å². The summed E-state index contributed by atoms with van der Waals surface area (Å²) in [6.45, 7) is 1.84. The van der Waals surface area contributed by atoms with E-state index in [-0.39, 0.29) is 17.5 Å². The van der Waals surface area contributed by atoms with Crippen molar-refractivity contribution in [3.05, 3.63) is 34.9 Å². The van der Waals surface area contributed by atoms with Gasteiger partial charge in [-0.2, -0.15) is 0 Å². The minimum Gasteiger partial charge on any atom is -0.369 e. The van der Waals surface area contributed by atoms with Crippen LogP contribution in [0.15, 0.2) is 23.2 Å². The number of aliphatic imine (C=N–C) groups is 1. The first-order valence-electron chi connectivity index (χ1n) is 8.23. The van der Waals surface area contributed by atoms with E-state index in [0.717, 1.165) is 33.8 Å². The SMILES string of the molecule is CCC(=O)Cc1ccc2c(c1)[C@]1(CCC2)CS(=O)(=O)N(C)C(N)=N1. The molecule has 1 aliphatic carbocycles. The Labute approximate surface area is 142 Å². The second-order valence-electron chi connectivity index (χ2n) is 6.64. The lowest BCUT2D eigenvalue weighted by atomic mass is 9.77. The fourth-order valence-corrected chi connectivity index (χ4v) is 5.06. The molecule has 0 unspecified atom stereocenters. The molecule has 7 heteroatoms. The van der Waals surface area contributed by atoms with Crippen LogP contribution in [0.3, 0.4) is 0 Å². The third kappa shape index (κ3) is 2.81. The minimum absolute atomic E-state index is 0.0316. The first kappa shape index (κ1) is 17.0. The molecule has 0 bridgehead atoms. The Kier molecular flexibility index (Phi) is 4.15. The molecule has 0 aromatic heterocycles. The van der Waals surface area contributed by atoms with E-state index in [4.69, 9.17) is 5.73 Å². The second kappa shape index (κ2) is 5.88. The molecule has 0 amide bonds. The van der Waals surface area contributed by atoms with E-state index in [1.165, 1.54) is 7.05 Å². The predicted molar refractivity (Wildman–Crippen MR) is 93.2 cm³/mol. The zero-order chi connectivity index (χ0) is 17.5. The largest absolute Gasteiger partial charge is 0.369 e. The molecule has 24 heavy (non-hydrogen) atoms. The number of guanidine groups is 1. The number of ketones is 1. The summed E-state index contributed by atoms with van der Waals surface area (Å²) in [5.74, 6) is 0.123. The third-order valence-corrected chi connectivity index (χ3v) is 6.86. The van der Waals surface area contributed by atoms with Crippen molar-refractivity contribution in [1.82, 2.24) is 4.31 Å². The van der Waals surface area contributed by atoms with Gasteiger partial charge in [0, 0.05) is 19.9 Å². The average Bonchev–Trinajstić information content (AvgIpc) is 2.53. The number of hydrogen-bond donors (Lipinski definition) is 1. The molecule has 1 heterocycles. The molecule has 0 saturated heterocycles. The van der Waals surface area contributed by atoms with Gasteiger partial charge in [-0.15, -0.1) is 0 Å². The molecule has 0 radical (unpaired) electrons. The molecule has 0 fully saturated rings. The molecule has 2 N–H and O–H groups in total. The van der Waals surface area contributed by atoms with E-state index < -0.39 is 15.6 Å². The molecule has 130 valence electrons. The van der Waals surface area contributed by atoms with Crippen molar-refractivity contribution >= 4 is 21.8 Å². The van der Waals surface area contributed by atoms with Crippen LogP contribution in [0.4, 0.5) is 0 Å². The van der Waals surface area contributed by atoms with Crippen LogP contribution >= 0.6 is 0 Å². The average molecular weight is 349 g/mol. The zero-order valence-electron chi connectivity index (χ0n) is 14.1. The topological polar surface area (TPSA) is 92.8 Å². The van der Waals surface area contributed by atoms with Gasteiger partial charge in [-0.25, -0.2) is 17.7 Å². The van der Waals surface area contributed by atoms with Crippen LogP contribution in [0.1, 0.15) is 42.9 Å². The van der Waals surface area contributed by atoms with Crippen molar-refractivity contribution in [2.45, 2.75) is 44.6 Å². The highest BCUT2D eigenvalue weighted by Gasteiger charge is 2.45. The van der Waals surface area contributed by atoms with Gasteiger partial charge in [-0.3, -0.25) is 4.79 Å². The minimum atomic E-state index is -3.49. The van der Waals surface area contributed by atoms with Crippen LogP contribution in [-0.2, 0) is 33.2 Å². The van der Waals surface area contributed by atoms with Crippen molar-refractivity contribution in [1.29, 1.82) is 0 Å². The zero-order valence-corrected chi connectivity index (χ0v) is 14.9. The van der Waals surface area contributed by atoms with Crippen LogP contribution in [0.25, 0.3) is 0 Å². The van der Waals surface area contributed by atoms with Crippen molar-refractivity contribution < 1.29 is 13.2 Å². The number of rotatable bonds is 3. The van der Waals surface area contributed by atoms with E-state index in [0.29, 0.717) is 19.3 Å².